The number of nitrogens with one attached hydrogen (secondary N) is 1. The Morgan fingerprint density at radius 3 is 3.12 bits per heavy atom. The Kier molecular flexibility index (Phi) is 4.37. The van der Waals surface area contributed by atoms with E-state index in [-0.39, 0.29) is 0 Å². The van der Waals surface area contributed by atoms with Crippen LogP contribution in [-0.4, -0.2) is 29.3 Å². The van der Waals surface area contributed by atoms with Gasteiger partial charge in [0, 0.05) is 31.7 Å². The van der Waals surface area contributed by atoms with E-state index in [2.05, 4.69) is 23.0 Å². The monoisotopic (exact) mass is 347 g/mol. The average molecular weight is 348 g/mol. The van der Waals surface area contributed by atoms with Gasteiger partial charge in [0.2, 0.25) is 0 Å². The Labute approximate surface area is 146 Å². The van der Waals surface area contributed by atoms with Gasteiger partial charge in [-0.25, -0.2) is 4.98 Å². The standard InChI is InChI=1S/C18H22ClN3O2/c1-12-11-22-4-2-3-14(18(22)21-12)10-20-9-13-7-15(19)17-16(8-13)23-5-6-24-17/h7-8,11,14,20H,2-6,9-10H2,1H3. The van der Waals surface area contributed by atoms with Crippen LogP contribution in [0, 0.1) is 6.92 Å². The topological polar surface area (TPSA) is 48.3 Å². The Morgan fingerprint density at radius 1 is 1.33 bits per heavy atom. The van der Waals surface area contributed by atoms with E-state index in [1.54, 1.807) is 0 Å². The number of hydrogen-bond donors (Lipinski definition) is 1. The van der Waals surface area contributed by atoms with Crippen LogP contribution >= 0.6 is 11.6 Å². The maximum Gasteiger partial charge on any atom is 0.179 e. The van der Waals surface area contributed by atoms with Crippen LogP contribution in [-0.2, 0) is 13.1 Å². The third-order valence-corrected chi connectivity index (χ3v) is 4.90. The quantitative estimate of drug-likeness (QED) is 0.922. The van der Waals surface area contributed by atoms with Crippen LogP contribution in [0.1, 0.15) is 35.8 Å². The number of nitrogens with zero attached hydrogens (tertiary/aromatic N) is 2. The molecule has 3 heterocycles. The summed E-state index contributed by atoms with van der Waals surface area (Å²) in [6.45, 7) is 5.95. The number of halogens is 1. The molecular formula is C18H22ClN3O2. The third-order valence-electron chi connectivity index (χ3n) is 4.62. The molecule has 1 atom stereocenters. The highest BCUT2D eigenvalue weighted by atomic mass is 35.5. The average Bonchev–Trinajstić information content (AvgIpc) is 2.96. The minimum Gasteiger partial charge on any atom is -0.486 e. The molecule has 5 nitrogen and oxygen atoms in total. The van der Waals surface area contributed by atoms with Crippen LogP contribution in [0.2, 0.25) is 5.02 Å². The summed E-state index contributed by atoms with van der Waals surface area (Å²) in [5.74, 6) is 3.09. The highest BCUT2D eigenvalue weighted by Crippen LogP contribution is 2.38. The molecule has 2 aliphatic rings. The molecule has 0 amide bonds. The fraction of sp³-hybridized carbons (Fsp3) is 0.500. The maximum atomic E-state index is 6.30. The minimum atomic E-state index is 0.472. The second-order valence-corrected chi connectivity index (χ2v) is 6.91. The van der Waals surface area contributed by atoms with E-state index >= 15 is 0 Å². The first-order chi connectivity index (χ1) is 11.7. The first-order valence-electron chi connectivity index (χ1n) is 8.53. The number of imidazole rings is 1. The van der Waals surface area contributed by atoms with Crippen LogP contribution in [0.4, 0.5) is 0 Å². The second-order valence-electron chi connectivity index (χ2n) is 6.51. The second kappa shape index (κ2) is 6.65. The van der Waals surface area contributed by atoms with Crippen LogP contribution < -0.4 is 14.8 Å². The molecule has 0 saturated carbocycles. The van der Waals surface area contributed by atoms with Crippen LogP contribution in [0.5, 0.6) is 11.5 Å². The molecule has 0 bridgehead atoms. The van der Waals surface area contributed by atoms with E-state index in [1.165, 1.54) is 18.7 Å². The molecule has 4 rings (SSSR count). The lowest BCUT2D eigenvalue weighted by molar-refractivity contribution is 0.171. The summed E-state index contributed by atoms with van der Waals surface area (Å²) in [5, 5.41) is 4.17. The molecule has 0 radical (unpaired) electrons. The molecule has 2 aromatic rings. The fourth-order valence-corrected chi connectivity index (χ4v) is 3.85. The van der Waals surface area contributed by atoms with Gasteiger partial charge in [0.25, 0.3) is 0 Å². The van der Waals surface area contributed by atoms with Crippen molar-refractivity contribution in [3.8, 4) is 11.5 Å². The van der Waals surface area contributed by atoms with Gasteiger partial charge in [-0.2, -0.15) is 0 Å². The number of aromatic nitrogens is 2. The highest BCUT2D eigenvalue weighted by molar-refractivity contribution is 6.32. The molecule has 0 aliphatic carbocycles. The Hall–Kier alpha value is -1.72. The molecule has 1 unspecified atom stereocenters. The SMILES string of the molecule is Cc1cn2c(n1)C(CNCc1cc(Cl)c3c(c1)OCCO3)CCC2. The summed E-state index contributed by atoms with van der Waals surface area (Å²) in [5.41, 5.74) is 2.22. The van der Waals surface area contributed by atoms with Crippen molar-refractivity contribution in [1.82, 2.24) is 14.9 Å². The van der Waals surface area contributed by atoms with Crippen LogP contribution in [0.3, 0.4) is 0 Å². The highest BCUT2D eigenvalue weighted by Gasteiger charge is 2.22. The van der Waals surface area contributed by atoms with Crippen molar-refractivity contribution in [2.24, 2.45) is 0 Å². The Balaban J connectivity index is 1.41. The fourth-order valence-electron chi connectivity index (χ4n) is 3.56. The van der Waals surface area contributed by atoms with E-state index in [0.29, 0.717) is 29.9 Å². The van der Waals surface area contributed by atoms with Crippen molar-refractivity contribution in [3.63, 3.8) is 0 Å². The summed E-state index contributed by atoms with van der Waals surface area (Å²) in [6, 6.07) is 3.97. The predicted octanol–water partition coefficient (Wildman–Crippen LogP) is 3.28. The van der Waals surface area contributed by atoms with Crippen molar-refractivity contribution in [3.05, 3.63) is 40.4 Å². The van der Waals surface area contributed by atoms with E-state index in [9.17, 15) is 0 Å². The molecular weight excluding hydrogens is 326 g/mol. The van der Waals surface area contributed by atoms with E-state index in [1.807, 2.05) is 12.1 Å². The van der Waals surface area contributed by atoms with Gasteiger partial charge in [-0.1, -0.05) is 11.6 Å². The molecule has 1 N–H and O–H groups in total. The molecule has 24 heavy (non-hydrogen) atoms. The van der Waals surface area contributed by atoms with Gasteiger partial charge in [-0.05, 0) is 37.5 Å². The molecule has 0 spiro atoms. The van der Waals surface area contributed by atoms with Crippen molar-refractivity contribution in [1.29, 1.82) is 0 Å². The summed E-state index contributed by atoms with van der Waals surface area (Å²) in [6.07, 6.45) is 4.55. The first-order valence-corrected chi connectivity index (χ1v) is 8.91. The predicted molar refractivity (Wildman–Crippen MR) is 93.1 cm³/mol. The van der Waals surface area contributed by atoms with Gasteiger partial charge in [0.05, 0.1) is 10.7 Å². The number of aryl methyl sites for hydroxylation is 2. The number of hydrogen-bond acceptors (Lipinski definition) is 4. The molecule has 0 saturated heterocycles. The third kappa shape index (κ3) is 3.10. The zero-order valence-corrected chi connectivity index (χ0v) is 14.6. The normalized spacial score (nSPS) is 19.2. The zero-order valence-electron chi connectivity index (χ0n) is 13.8. The number of rotatable bonds is 4. The van der Waals surface area contributed by atoms with Crippen molar-refractivity contribution >= 4 is 11.6 Å². The molecule has 1 aromatic heterocycles. The summed E-state index contributed by atoms with van der Waals surface area (Å²) in [7, 11) is 0. The first kappa shape index (κ1) is 15.8. The van der Waals surface area contributed by atoms with E-state index < -0.39 is 0 Å². The molecule has 0 fully saturated rings. The molecule has 1 aromatic carbocycles. The number of ether oxygens (including phenoxy) is 2. The summed E-state index contributed by atoms with van der Waals surface area (Å²) in [4.78, 5) is 4.70. The maximum absolute atomic E-state index is 6.30. The Bertz CT molecular complexity index is 744. The smallest absolute Gasteiger partial charge is 0.179 e. The van der Waals surface area contributed by atoms with Crippen LogP contribution in [0.25, 0.3) is 0 Å². The van der Waals surface area contributed by atoms with E-state index in [4.69, 9.17) is 26.1 Å². The van der Waals surface area contributed by atoms with Gasteiger partial charge in [0.15, 0.2) is 11.5 Å². The van der Waals surface area contributed by atoms with Gasteiger partial charge in [0.1, 0.15) is 19.0 Å². The molecule has 6 heteroatoms. The van der Waals surface area contributed by atoms with Crippen molar-refractivity contribution in [2.75, 3.05) is 19.8 Å². The minimum absolute atomic E-state index is 0.472. The number of fused-ring (bicyclic) bond motifs is 2. The Morgan fingerprint density at radius 2 is 2.21 bits per heavy atom. The lowest BCUT2D eigenvalue weighted by Gasteiger charge is -2.24. The van der Waals surface area contributed by atoms with Crippen LogP contribution in [0.15, 0.2) is 18.3 Å². The van der Waals surface area contributed by atoms with Crippen molar-refractivity contribution in [2.45, 2.75) is 38.8 Å². The van der Waals surface area contributed by atoms with Crippen molar-refractivity contribution < 1.29 is 9.47 Å². The molecule has 2 aliphatic heterocycles. The van der Waals surface area contributed by atoms with E-state index in [0.717, 1.165) is 36.6 Å². The summed E-state index contributed by atoms with van der Waals surface area (Å²) >= 11 is 6.30. The lowest BCUT2D eigenvalue weighted by atomic mass is 9.99. The van der Waals surface area contributed by atoms with Gasteiger partial charge >= 0.3 is 0 Å². The van der Waals surface area contributed by atoms with Gasteiger partial charge < -0.3 is 19.4 Å². The van der Waals surface area contributed by atoms with Gasteiger partial charge in [-0.3, -0.25) is 0 Å². The lowest BCUT2D eigenvalue weighted by Crippen LogP contribution is -2.26. The zero-order chi connectivity index (χ0) is 16.5. The van der Waals surface area contributed by atoms with Gasteiger partial charge in [-0.15, -0.1) is 0 Å². The number of benzene rings is 1. The largest absolute Gasteiger partial charge is 0.486 e. The summed E-state index contributed by atoms with van der Waals surface area (Å²) < 4.78 is 13.5. The molecule has 128 valence electrons.